The van der Waals surface area contributed by atoms with Gasteiger partial charge in [0.05, 0.1) is 19.3 Å². The van der Waals surface area contributed by atoms with Crippen molar-refractivity contribution in [1.29, 1.82) is 0 Å². The first-order chi connectivity index (χ1) is 10.0. The van der Waals surface area contributed by atoms with Crippen LogP contribution in [0, 0.1) is 6.92 Å². The summed E-state index contributed by atoms with van der Waals surface area (Å²) in [6.07, 6.45) is 3.09. The standard InChI is InChI=1S/C14H15N3O3S/c1-10-3-4-13(20-2)14(5-10)21(18,19)17-7-11-6-15-9-16-12(11)8-17/h3-6,9H,7-8H2,1-2H3. The summed E-state index contributed by atoms with van der Waals surface area (Å²) < 4.78 is 32.2. The van der Waals surface area contributed by atoms with Crippen LogP contribution in [-0.4, -0.2) is 29.8 Å². The summed E-state index contributed by atoms with van der Waals surface area (Å²) in [5.74, 6) is 0.350. The van der Waals surface area contributed by atoms with E-state index < -0.39 is 10.0 Å². The molecule has 1 aliphatic heterocycles. The Hall–Kier alpha value is -1.99. The Bertz CT molecular complexity index is 765. The molecule has 0 fully saturated rings. The Kier molecular flexibility index (Phi) is 3.38. The van der Waals surface area contributed by atoms with Crippen molar-refractivity contribution in [2.75, 3.05) is 7.11 Å². The van der Waals surface area contributed by atoms with Crippen LogP contribution in [0.3, 0.4) is 0 Å². The van der Waals surface area contributed by atoms with E-state index in [4.69, 9.17) is 4.74 Å². The summed E-state index contributed by atoms with van der Waals surface area (Å²) in [6.45, 7) is 2.40. The summed E-state index contributed by atoms with van der Waals surface area (Å²) >= 11 is 0. The first kappa shape index (κ1) is 14.0. The Morgan fingerprint density at radius 3 is 2.81 bits per heavy atom. The van der Waals surface area contributed by atoms with E-state index in [-0.39, 0.29) is 18.0 Å². The fraction of sp³-hybridized carbons (Fsp3) is 0.286. The van der Waals surface area contributed by atoms with Crippen LogP contribution in [0.15, 0.2) is 35.6 Å². The van der Waals surface area contributed by atoms with Gasteiger partial charge >= 0.3 is 0 Å². The average Bonchev–Trinajstić information content (AvgIpc) is 2.92. The Labute approximate surface area is 123 Å². The molecular weight excluding hydrogens is 290 g/mol. The molecule has 0 spiro atoms. The molecule has 21 heavy (non-hydrogen) atoms. The number of ether oxygens (including phenoxy) is 1. The first-order valence-corrected chi connectivity index (χ1v) is 7.89. The minimum absolute atomic E-state index is 0.186. The summed E-state index contributed by atoms with van der Waals surface area (Å²) in [5.41, 5.74) is 2.46. The van der Waals surface area contributed by atoms with Crippen molar-refractivity contribution in [3.8, 4) is 5.75 Å². The lowest BCUT2D eigenvalue weighted by Crippen LogP contribution is -2.26. The maximum atomic E-state index is 12.8. The van der Waals surface area contributed by atoms with E-state index in [9.17, 15) is 8.42 Å². The molecule has 3 rings (SSSR count). The van der Waals surface area contributed by atoms with Crippen LogP contribution in [-0.2, 0) is 23.1 Å². The lowest BCUT2D eigenvalue weighted by molar-refractivity contribution is 0.392. The van der Waals surface area contributed by atoms with Crippen LogP contribution in [0.25, 0.3) is 0 Å². The molecule has 6 nitrogen and oxygen atoms in total. The molecular formula is C14H15N3O3S. The highest BCUT2D eigenvalue weighted by Gasteiger charge is 2.33. The minimum Gasteiger partial charge on any atom is -0.495 e. The molecule has 1 aromatic carbocycles. The molecule has 1 aromatic heterocycles. The van der Waals surface area contributed by atoms with Crippen molar-refractivity contribution in [1.82, 2.24) is 14.3 Å². The molecule has 2 heterocycles. The van der Waals surface area contributed by atoms with Crippen molar-refractivity contribution in [2.45, 2.75) is 24.9 Å². The Morgan fingerprint density at radius 1 is 1.29 bits per heavy atom. The number of nitrogens with zero attached hydrogens (tertiary/aromatic N) is 3. The zero-order chi connectivity index (χ0) is 15.0. The normalized spacial score (nSPS) is 15.0. The molecule has 0 saturated heterocycles. The van der Waals surface area contributed by atoms with Gasteiger partial charge in [-0.25, -0.2) is 18.4 Å². The number of aromatic nitrogens is 2. The summed E-state index contributed by atoms with van der Waals surface area (Å²) in [6, 6.07) is 5.12. The quantitative estimate of drug-likeness (QED) is 0.859. The van der Waals surface area contributed by atoms with Crippen molar-refractivity contribution in [3.63, 3.8) is 0 Å². The third-order valence-corrected chi connectivity index (χ3v) is 5.30. The van der Waals surface area contributed by atoms with Crippen LogP contribution < -0.4 is 4.74 Å². The summed E-state index contributed by atoms with van der Waals surface area (Å²) in [5, 5.41) is 0. The smallest absolute Gasteiger partial charge is 0.247 e. The van der Waals surface area contributed by atoms with E-state index in [0.29, 0.717) is 5.75 Å². The van der Waals surface area contributed by atoms with Crippen LogP contribution >= 0.6 is 0 Å². The summed E-state index contributed by atoms with van der Waals surface area (Å²) in [4.78, 5) is 8.25. The molecule has 0 radical (unpaired) electrons. The highest BCUT2D eigenvalue weighted by molar-refractivity contribution is 7.89. The number of benzene rings is 1. The number of fused-ring (bicyclic) bond motifs is 1. The SMILES string of the molecule is COc1ccc(C)cc1S(=O)(=O)N1Cc2cncnc2C1. The van der Waals surface area contributed by atoms with Crippen molar-refractivity contribution in [3.05, 3.63) is 47.5 Å². The number of methoxy groups -OCH3 is 1. The van der Waals surface area contributed by atoms with Gasteiger partial charge in [-0.2, -0.15) is 4.31 Å². The van der Waals surface area contributed by atoms with E-state index in [1.165, 1.54) is 17.7 Å². The molecule has 110 valence electrons. The van der Waals surface area contributed by atoms with Gasteiger partial charge in [0.1, 0.15) is 17.0 Å². The number of hydrogen-bond acceptors (Lipinski definition) is 5. The third kappa shape index (κ3) is 2.38. The molecule has 0 saturated carbocycles. The van der Waals surface area contributed by atoms with Gasteiger partial charge in [-0.05, 0) is 24.6 Å². The van der Waals surface area contributed by atoms with Gasteiger partial charge in [0, 0.05) is 18.3 Å². The molecule has 0 N–H and O–H groups in total. The van der Waals surface area contributed by atoms with E-state index in [1.807, 2.05) is 13.0 Å². The van der Waals surface area contributed by atoms with Gasteiger partial charge in [-0.1, -0.05) is 6.07 Å². The second kappa shape index (κ2) is 5.09. The van der Waals surface area contributed by atoms with Crippen LogP contribution in [0.4, 0.5) is 0 Å². The van der Waals surface area contributed by atoms with Gasteiger partial charge in [0.2, 0.25) is 10.0 Å². The van der Waals surface area contributed by atoms with E-state index in [0.717, 1.165) is 16.8 Å². The average molecular weight is 305 g/mol. The van der Waals surface area contributed by atoms with Gasteiger partial charge in [0.15, 0.2) is 0 Å². The van der Waals surface area contributed by atoms with Crippen LogP contribution in [0.5, 0.6) is 5.75 Å². The largest absolute Gasteiger partial charge is 0.495 e. The van der Waals surface area contributed by atoms with Crippen LogP contribution in [0.1, 0.15) is 16.8 Å². The number of rotatable bonds is 3. The zero-order valence-electron chi connectivity index (χ0n) is 11.8. The molecule has 1 aliphatic rings. The van der Waals surface area contributed by atoms with Gasteiger partial charge in [-0.3, -0.25) is 0 Å². The molecule has 0 unspecified atom stereocenters. The molecule has 0 aliphatic carbocycles. The zero-order valence-corrected chi connectivity index (χ0v) is 12.6. The lowest BCUT2D eigenvalue weighted by Gasteiger charge is -2.17. The minimum atomic E-state index is -3.63. The molecule has 2 aromatic rings. The number of hydrogen-bond donors (Lipinski definition) is 0. The fourth-order valence-corrected chi connectivity index (χ4v) is 3.99. The predicted molar refractivity (Wildman–Crippen MR) is 76.2 cm³/mol. The van der Waals surface area contributed by atoms with Crippen molar-refractivity contribution >= 4 is 10.0 Å². The highest BCUT2D eigenvalue weighted by atomic mass is 32.2. The van der Waals surface area contributed by atoms with E-state index >= 15 is 0 Å². The second-order valence-electron chi connectivity index (χ2n) is 4.92. The van der Waals surface area contributed by atoms with E-state index in [1.54, 1.807) is 18.3 Å². The van der Waals surface area contributed by atoms with Gasteiger partial charge in [-0.15, -0.1) is 0 Å². The second-order valence-corrected chi connectivity index (χ2v) is 6.83. The van der Waals surface area contributed by atoms with Crippen LogP contribution in [0.2, 0.25) is 0 Å². The van der Waals surface area contributed by atoms with E-state index in [2.05, 4.69) is 9.97 Å². The molecule has 0 bridgehead atoms. The molecule has 0 atom stereocenters. The summed E-state index contributed by atoms with van der Waals surface area (Å²) in [7, 11) is -2.16. The van der Waals surface area contributed by atoms with Gasteiger partial charge < -0.3 is 4.74 Å². The molecule has 7 heteroatoms. The Balaban J connectivity index is 2.02. The highest BCUT2D eigenvalue weighted by Crippen LogP contribution is 2.32. The predicted octanol–water partition coefficient (Wildman–Crippen LogP) is 1.50. The number of aryl methyl sites for hydroxylation is 1. The van der Waals surface area contributed by atoms with Gasteiger partial charge in [0.25, 0.3) is 0 Å². The third-order valence-electron chi connectivity index (χ3n) is 3.49. The van der Waals surface area contributed by atoms with Crippen molar-refractivity contribution in [2.24, 2.45) is 0 Å². The molecule has 0 amide bonds. The van der Waals surface area contributed by atoms with Crippen molar-refractivity contribution < 1.29 is 13.2 Å². The number of sulfonamides is 1. The maximum Gasteiger partial charge on any atom is 0.247 e. The monoisotopic (exact) mass is 305 g/mol. The first-order valence-electron chi connectivity index (χ1n) is 6.45. The lowest BCUT2D eigenvalue weighted by atomic mass is 10.2. The maximum absolute atomic E-state index is 12.8. The topological polar surface area (TPSA) is 72.4 Å². The fourth-order valence-electron chi connectivity index (χ4n) is 2.37. The Morgan fingerprint density at radius 2 is 2.10 bits per heavy atom.